The van der Waals surface area contributed by atoms with Crippen LogP contribution >= 0.6 is 0 Å². The van der Waals surface area contributed by atoms with Gasteiger partial charge in [-0.3, -0.25) is 4.98 Å². The fourth-order valence-electron chi connectivity index (χ4n) is 2.97. The third-order valence-corrected chi connectivity index (χ3v) is 6.09. The number of aromatic nitrogens is 5. The van der Waals surface area contributed by atoms with E-state index >= 15 is 0 Å². The number of fused-ring (bicyclic) bond motifs is 2. The van der Waals surface area contributed by atoms with Crippen LogP contribution in [0.3, 0.4) is 0 Å². The van der Waals surface area contributed by atoms with Crippen molar-refractivity contribution in [2.75, 3.05) is 5.75 Å². The number of hydrogen-bond donors (Lipinski definition) is 0. The third-order valence-electron chi connectivity index (χ3n) is 4.30. The topological polar surface area (TPSA) is 82.1 Å². The highest BCUT2D eigenvalue weighted by Crippen LogP contribution is 2.32. The van der Waals surface area contributed by atoms with Gasteiger partial charge in [-0.1, -0.05) is 13.0 Å². The molecule has 4 heterocycles. The maximum Gasteiger partial charge on any atom is 0.182 e. The lowest BCUT2D eigenvalue weighted by Crippen LogP contribution is -2.06. The molecule has 0 aliphatic rings. The molecule has 0 aliphatic heterocycles. The summed E-state index contributed by atoms with van der Waals surface area (Å²) >= 11 is 0. The zero-order valence-corrected chi connectivity index (χ0v) is 14.9. The summed E-state index contributed by atoms with van der Waals surface area (Å²) in [6.45, 7) is 3.53. The van der Waals surface area contributed by atoms with Crippen molar-refractivity contribution >= 4 is 26.4 Å². The molecule has 4 aromatic heterocycles. The average Bonchev–Trinajstić information content (AvgIpc) is 3.13. The van der Waals surface area contributed by atoms with Crippen LogP contribution in [0.4, 0.5) is 0 Å². The van der Waals surface area contributed by atoms with Gasteiger partial charge in [0.1, 0.15) is 10.6 Å². The molecule has 0 spiro atoms. The molecule has 0 saturated heterocycles. The minimum absolute atomic E-state index is 0.000847. The maximum atomic E-state index is 12.7. The van der Waals surface area contributed by atoms with E-state index in [-0.39, 0.29) is 10.6 Å². The van der Waals surface area contributed by atoms with Crippen LogP contribution in [0.5, 0.6) is 0 Å². The first-order valence-corrected chi connectivity index (χ1v) is 9.57. The van der Waals surface area contributed by atoms with Crippen molar-refractivity contribution in [3.63, 3.8) is 0 Å². The Morgan fingerprint density at radius 1 is 1.20 bits per heavy atom. The summed E-state index contributed by atoms with van der Waals surface area (Å²) in [7, 11) is -1.63. The van der Waals surface area contributed by atoms with Gasteiger partial charge in [0.05, 0.1) is 28.5 Å². The monoisotopic (exact) mass is 355 g/mol. The highest BCUT2D eigenvalue weighted by molar-refractivity contribution is 7.91. The van der Waals surface area contributed by atoms with Crippen LogP contribution in [0.15, 0.2) is 41.6 Å². The quantitative estimate of drug-likeness (QED) is 0.563. The summed E-state index contributed by atoms with van der Waals surface area (Å²) in [5.74, 6) is 0.513. The Bertz CT molecular complexity index is 1220. The first kappa shape index (κ1) is 15.8. The molecule has 25 heavy (non-hydrogen) atoms. The fraction of sp³-hybridized carbons (Fsp3) is 0.235. The molecule has 8 heteroatoms. The second-order valence-corrected chi connectivity index (χ2v) is 8.14. The van der Waals surface area contributed by atoms with E-state index in [2.05, 4.69) is 15.1 Å². The van der Waals surface area contributed by atoms with Crippen molar-refractivity contribution < 1.29 is 8.42 Å². The zero-order valence-electron chi connectivity index (χ0n) is 14.1. The molecule has 0 bridgehead atoms. The summed E-state index contributed by atoms with van der Waals surface area (Å²) < 4.78 is 28.9. The fourth-order valence-corrected chi connectivity index (χ4v) is 4.17. The first-order valence-electron chi connectivity index (χ1n) is 7.92. The summed E-state index contributed by atoms with van der Waals surface area (Å²) in [5, 5.41) is 4.51. The van der Waals surface area contributed by atoms with Crippen LogP contribution in [0.25, 0.3) is 28.1 Å². The van der Waals surface area contributed by atoms with Gasteiger partial charge in [0.25, 0.3) is 0 Å². The van der Waals surface area contributed by atoms with Gasteiger partial charge in [0.2, 0.25) is 0 Å². The minimum atomic E-state index is -3.47. The van der Waals surface area contributed by atoms with Gasteiger partial charge in [-0.05, 0) is 25.1 Å². The van der Waals surface area contributed by atoms with Gasteiger partial charge >= 0.3 is 0 Å². The molecule has 0 radical (unpaired) electrons. The number of imidazole rings is 1. The molecule has 0 amide bonds. The predicted molar refractivity (Wildman–Crippen MR) is 95.2 cm³/mol. The molecule has 0 aliphatic carbocycles. The molecule has 0 saturated carbocycles. The number of rotatable bonds is 3. The number of nitrogens with zero attached hydrogens (tertiary/aromatic N) is 5. The lowest BCUT2D eigenvalue weighted by Gasteiger charge is -2.03. The van der Waals surface area contributed by atoms with Crippen LogP contribution in [0.2, 0.25) is 0 Å². The molecule has 0 atom stereocenters. The van der Waals surface area contributed by atoms with Crippen molar-refractivity contribution in [3.05, 3.63) is 42.4 Å². The van der Waals surface area contributed by atoms with Crippen molar-refractivity contribution in [1.82, 2.24) is 24.1 Å². The van der Waals surface area contributed by atoms with Crippen LogP contribution < -0.4 is 0 Å². The van der Waals surface area contributed by atoms with Gasteiger partial charge in [-0.25, -0.2) is 17.9 Å². The van der Waals surface area contributed by atoms with E-state index in [4.69, 9.17) is 0 Å². The molecule has 0 unspecified atom stereocenters. The molecule has 0 fully saturated rings. The molecule has 0 aromatic carbocycles. The second-order valence-electron chi connectivity index (χ2n) is 5.92. The second kappa shape index (κ2) is 5.38. The van der Waals surface area contributed by atoms with Crippen molar-refractivity contribution in [1.29, 1.82) is 0 Å². The smallest absolute Gasteiger partial charge is 0.182 e. The van der Waals surface area contributed by atoms with Crippen molar-refractivity contribution in [2.45, 2.75) is 18.7 Å². The average molecular weight is 355 g/mol. The van der Waals surface area contributed by atoms with Gasteiger partial charge < -0.3 is 4.57 Å². The number of aryl methyl sites for hydroxylation is 2. The van der Waals surface area contributed by atoms with Crippen LogP contribution in [0.1, 0.15) is 12.6 Å². The SMILES string of the molecule is CCS(=O)(=O)c1c(-c2nc3cc(C)ncc3n2C)nn2ccccc12. The van der Waals surface area contributed by atoms with E-state index < -0.39 is 9.84 Å². The summed E-state index contributed by atoms with van der Waals surface area (Å²) in [6, 6.07) is 7.25. The molecule has 4 rings (SSSR count). The van der Waals surface area contributed by atoms with Gasteiger partial charge in [-0.15, -0.1) is 0 Å². The number of pyridine rings is 2. The number of hydrogen-bond acceptors (Lipinski definition) is 5. The Kier molecular flexibility index (Phi) is 3.40. The van der Waals surface area contributed by atoms with Gasteiger partial charge in [0.15, 0.2) is 15.7 Å². The first-order chi connectivity index (χ1) is 11.9. The van der Waals surface area contributed by atoms with E-state index in [0.717, 1.165) is 16.7 Å². The summed E-state index contributed by atoms with van der Waals surface area (Å²) in [4.78, 5) is 9.15. The Balaban J connectivity index is 2.11. The molecule has 0 N–H and O–H groups in total. The predicted octanol–water partition coefficient (Wildman–Crippen LogP) is 2.39. The van der Waals surface area contributed by atoms with Crippen LogP contribution in [-0.2, 0) is 16.9 Å². The summed E-state index contributed by atoms with van der Waals surface area (Å²) in [5.41, 5.74) is 3.37. The van der Waals surface area contributed by atoms with E-state index in [1.807, 2.05) is 30.7 Å². The Hall–Kier alpha value is -2.74. The molecule has 4 aromatic rings. The minimum Gasteiger partial charge on any atom is -0.324 e. The standard InChI is InChI=1S/C17H17N5O2S/c1-4-25(23,24)16-13-7-5-6-8-22(13)20-15(16)17-19-12-9-11(2)18-10-14(12)21(17)3/h5-10H,4H2,1-3H3. The van der Waals surface area contributed by atoms with E-state index in [0.29, 0.717) is 17.0 Å². The van der Waals surface area contributed by atoms with Gasteiger partial charge in [-0.2, -0.15) is 5.10 Å². The molecular weight excluding hydrogens is 338 g/mol. The lowest BCUT2D eigenvalue weighted by atomic mass is 10.3. The molecule has 128 valence electrons. The van der Waals surface area contributed by atoms with E-state index in [1.165, 1.54) is 0 Å². The van der Waals surface area contributed by atoms with E-state index in [9.17, 15) is 8.42 Å². The third kappa shape index (κ3) is 2.32. The summed E-state index contributed by atoms with van der Waals surface area (Å²) in [6.07, 6.45) is 3.48. The van der Waals surface area contributed by atoms with E-state index in [1.54, 1.807) is 36.0 Å². The molecular formula is C17H17N5O2S. The highest BCUT2D eigenvalue weighted by atomic mass is 32.2. The number of sulfone groups is 1. The normalized spacial score (nSPS) is 12.3. The van der Waals surface area contributed by atoms with Crippen molar-refractivity contribution in [3.8, 4) is 11.5 Å². The Morgan fingerprint density at radius 2 is 2.00 bits per heavy atom. The Morgan fingerprint density at radius 3 is 2.76 bits per heavy atom. The van der Waals surface area contributed by atoms with Crippen LogP contribution in [-0.4, -0.2) is 38.3 Å². The lowest BCUT2D eigenvalue weighted by molar-refractivity contribution is 0.598. The largest absolute Gasteiger partial charge is 0.324 e. The zero-order chi connectivity index (χ0) is 17.8. The van der Waals surface area contributed by atoms with Crippen molar-refractivity contribution in [2.24, 2.45) is 7.05 Å². The van der Waals surface area contributed by atoms with Gasteiger partial charge in [0, 0.05) is 18.9 Å². The van der Waals surface area contributed by atoms with Crippen LogP contribution in [0, 0.1) is 6.92 Å². The maximum absolute atomic E-state index is 12.7. The molecule has 7 nitrogen and oxygen atoms in total. The highest BCUT2D eigenvalue weighted by Gasteiger charge is 2.27. The Labute approximate surface area is 144 Å².